The average Bonchev–Trinajstić information content (AvgIpc) is 3.29. The molecular weight excluding hydrogens is 416 g/mol. The quantitative estimate of drug-likeness (QED) is 0.544. The van der Waals surface area contributed by atoms with E-state index in [9.17, 15) is 4.79 Å². The van der Waals surface area contributed by atoms with Crippen LogP contribution in [0.25, 0.3) is 22.2 Å². The smallest absolute Gasteiger partial charge is 0.225 e. The molecule has 0 radical (unpaired) electrons. The number of carbonyl (C=O) groups excluding carboxylic acids is 1. The number of benzene rings is 2. The van der Waals surface area contributed by atoms with Crippen molar-refractivity contribution in [3.63, 3.8) is 0 Å². The first-order valence-corrected chi connectivity index (χ1v) is 11.6. The highest BCUT2D eigenvalue weighted by atomic mass is 16.5. The summed E-state index contributed by atoms with van der Waals surface area (Å²) in [4.78, 5) is 19.7. The number of fused-ring (bicyclic) bond motifs is 2. The predicted molar refractivity (Wildman–Crippen MR) is 130 cm³/mol. The van der Waals surface area contributed by atoms with Gasteiger partial charge in [-0.05, 0) is 61.9 Å². The Kier molecular flexibility index (Phi) is 6.05. The molecule has 2 saturated heterocycles. The van der Waals surface area contributed by atoms with Crippen molar-refractivity contribution in [1.82, 2.24) is 15.6 Å². The van der Waals surface area contributed by atoms with E-state index >= 15 is 0 Å². The third-order valence-electron chi connectivity index (χ3n) is 6.70. The molecule has 2 aromatic carbocycles. The van der Waals surface area contributed by atoms with Crippen LogP contribution in [0.4, 0.5) is 5.69 Å². The summed E-state index contributed by atoms with van der Waals surface area (Å²) in [6, 6.07) is 16.2. The minimum atomic E-state index is 0.0534. The van der Waals surface area contributed by atoms with Gasteiger partial charge < -0.3 is 25.0 Å². The summed E-state index contributed by atoms with van der Waals surface area (Å²) in [7, 11) is 3.58. The number of methoxy groups -OCH3 is 1. The molecule has 2 atom stereocenters. The first-order chi connectivity index (χ1) is 16.2. The van der Waals surface area contributed by atoms with Gasteiger partial charge in [0.25, 0.3) is 0 Å². The van der Waals surface area contributed by atoms with Crippen molar-refractivity contribution < 1.29 is 14.3 Å². The number of pyridine rings is 1. The van der Waals surface area contributed by atoms with E-state index in [1.165, 1.54) is 0 Å². The van der Waals surface area contributed by atoms with Gasteiger partial charge in [0.2, 0.25) is 5.91 Å². The molecule has 2 fully saturated rings. The molecule has 7 nitrogen and oxygen atoms in total. The Morgan fingerprint density at radius 3 is 2.70 bits per heavy atom. The molecule has 5 rings (SSSR count). The number of rotatable bonds is 7. The summed E-state index contributed by atoms with van der Waals surface area (Å²) in [6.07, 6.45) is 1.03. The zero-order valence-corrected chi connectivity index (χ0v) is 19.1. The second-order valence-corrected chi connectivity index (χ2v) is 8.74. The molecule has 2 aliphatic heterocycles. The number of aromatic nitrogens is 1. The van der Waals surface area contributed by atoms with Crippen LogP contribution in [-0.4, -0.2) is 57.8 Å². The van der Waals surface area contributed by atoms with Crippen molar-refractivity contribution in [2.45, 2.75) is 6.42 Å². The van der Waals surface area contributed by atoms with E-state index in [2.05, 4.69) is 27.7 Å². The van der Waals surface area contributed by atoms with E-state index in [1.807, 2.05) is 43.4 Å². The summed E-state index contributed by atoms with van der Waals surface area (Å²) in [5.41, 5.74) is 3.92. The van der Waals surface area contributed by atoms with Crippen LogP contribution in [0.15, 0.2) is 48.5 Å². The van der Waals surface area contributed by atoms with Gasteiger partial charge in [0.15, 0.2) is 0 Å². The highest BCUT2D eigenvalue weighted by molar-refractivity contribution is 5.95. The summed E-state index contributed by atoms with van der Waals surface area (Å²) in [6.45, 7) is 3.82. The average molecular weight is 447 g/mol. The lowest BCUT2D eigenvalue weighted by Crippen LogP contribution is -2.41. The summed E-state index contributed by atoms with van der Waals surface area (Å²) >= 11 is 0. The molecule has 172 valence electrons. The first-order valence-electron chi connectivity index (χ1n) is 11.6. The van der Waals surface area contributed by atoms with Crippen LogP contribution in [0.2, 0.25) is 0 Å². The number of nitrogens with zero attached hydrogens (tertiary/aromatic N) is 2. The van der Waals surface area contributed by atoms with E-state index in [0.29, 0.717) is 12.5 Å². The molecule has 0 saturated carbocycles. The van der Waals surface area contributed by atoms with Crippen LogP contribution >= 0.6 is 0 Å². The molecule has 2 aliphatic rings. The Bertz CT molecular complexity index is 1150. The standard InChI is InChI=1S/C26H30N4O3/c1-27-11-12-33-19-5-3-17(4-6-19)23-14-25(21-8-7-20(32-2)13-24(21)29-23)30-15-18-9-10-28-26(31)22(18)16-30/h3-8,13-14,18,22,27H,9-12,15-16H2,1-2H3,(H,28,31)/t18-,22+/m0/s1. The number of hydrogen-bond acceptors (Lipinski definition) is 6. The van der Waals surface area contributed by atoms with Crippen molar-refractivity contribution in [2.24, 2.45) is 11.8 Å². The monoisotopic (exact) mass is 446 g/mol. The van der Waals surface area contributed by atoms with Gasteiger partial charge in [-0.2, -0.15) is 0 Å². The predicted octanol–water partition coefficient (Wildman–Crippen LogP) is 3.08. The number of hydrogen-bond donors (Lipinski definition) is 2. The lowest BCUT2D eigenvalue weighted by atomic mass is 9.89. The molecular formula is C26H30N4O3. The fourth-order valence-electron chi connectivity index (χ4n) is 4.89. The van der Waals surface area contributed by atoms with Crippen molar-refractivity contribution >= 4 is 22.5 Å². The molecule has 0 bridgehead atoms. The van der Waals surface area contributed by atoms with Crippen molar-refractivity contribution in [2.75, 3.05) is 51.8 Å². The maximum absolute atomic E-state index is 12.4. The van der Waals surface area contributed by atoms with E-state index in [4.69, 9.17) is 14.5 Å². The number of likely N-dealkylation sites (N-methyl/N-ethyl adjacent to an activating group) is 1. The van der Waals surface area contributed by atoms with Crippen LogP contribution in [0, 0.1) is 11.8 Å². The van der Waals surface area contributed by atoms with Gasteiger partial charge in [-0.3, -0.25) is 4.79 Å². The number of carbonyl (C=O) groups is 1. The van der Waals surface area contributed by atoms with E-state index in [1.54, 1.807) is 7.11 Å². The van der Waals surface area contributed by atoms with Crippen LogP contribution in [0.5, 0.6) is 11.5 Å². The maximum atomic E-state index is 12.4. The minimum absolute atomic E-state index is 0.0534. The molecule has 3 aromatic rings. The van der Waals surface area contributed by atoms with Crippen LogP contribution in [0.1, 0.15) is 6.42 Å². The highest BCUT2D eigenvalue weighted by Gasteiger charge is 2.40. The summed E-state index contributed by atoms with van der Waals surface area (Å²) < 4.78 is 11.2. The third kappa shape index (κ3) is 4.33. The zero-order chi connectivity index (χ0) is 22.8. The van der Waals surface area contributed by atoms with E-state index in [0.717, 1.165) is 71.9 Å². The molecule has 33 heavy (non-hydrogen) atoms. The Morgan fingerprint density at radius 2 is 1.94 bits per heavy atom. The van der Waals surface area contributed by atoms with Crippen LogP contribution in [0.3, 0.4) is 0 Å². The number of amides is 1. The second-order valence-electron chi connectivity index (χ2n) is 8.74. The van der Waals surface area contributed by atoms with Crippen LogP contribution in [-0.2, 0) is 4.79 Å². The molecule has 1 amide bonds. The van der Waals surface area contributed by atoms with Gasteiger partial charge >= 0.3 is 0 Å². The van der Waals surface area contributed by atoms with Gasteiger partial charge in [0, 0.05) is 48.9 Å². The zero-order valence-electron chi connectivity index (χ0n) is 19.1. The molecule has 3 heterocycles. The lowest BCUT2D eigenvalue weighted by molar-refractivity contribution is -0.127. The molecule has 1 aromatic heterocycles. The van der Waals surface area contributed by atoms with Crippen LogP contribution < -0.4 is 25.0 Å². The largest absolute Gasteiger partial charge is 0.497 e. The highest BCUT2D eigenvalue weighted by Crippen LogP contribution is 2.38. The fourth-order valence-corrected chi connectivity index (χ4v) is 4.89. The van der Waals surface area contributed by atoms with Crippen molar-refractivity contribution in [3.05, 3.63) is 48.5 Å². The number of piperidine rings is 1. The Hall–Kier alpha value is -3.32. The van der Waals surface area contributed by atoms with Gasteiger partial charge in [0.1, 0.15) is 18.1 Å². The fraction of sp³-hybridized carbons (Fsp3) is 0.385. The van der Waals surface area contributed by atoms with Crippen molar-refractivity contribution in [1.29, 1.82) is 0 Å². The molecule has 0 aliphatic carbocycles. The minimum Gasteiger partial charge on any atom is -0.497 e. The molecule has 2 N–H and O–H groups in total. The maximum Gasteiger partial charge on any atom is 0.225 e. The molecule has 7 heteroatoms. The summed E-state index contributed by atoms with van der Waals surface area (Å²) in [5.74, 6) is 2.26. The Labute approximate surface area is 194 Å². The lowest BCUT2D eigenvalue weighted by Gasteiger charge is -2.23. The van der Waals surface area contributed by atoms with Gasteiger partial charge in [-0.15, -0.1) is 0 Å². The van der Waals surface area contributed by atoms with E-state index < -0.39 is 0 Å². The Morgan fingerprint density at radius 1 is 1.12 bits per heavy atom. The SMILES string of the molecule is CNCCOc1ccc(-c2cc(N3C[C@@H]4CCNC(=O)[C@@H]4C3)c3ccc(OC)cc3n2)cc1. The summed E-state index contributed by atoms with van der Waals surface area (Å²) in [5, 5.41) is 7.18. The number of anilines is 1. The topological polar surface area (TPSA) is 75.7 Å². The van der Waals surface area contributed by atoms with Gasteiger partial charge in [0.05, 0.1) is 24.2 Å². The molecule has 0 unspecified atom stereocenters. The molecule has 0 spiro atoms. The Balaban J connectivity index is 1.51. The van der Waals surface area contributed by atoms with Crippen molar-refractivity contribution in [3.8, 4) is 22.8 Å². The second kappa shape index (κ2) is 9.27. The van der Waals surface area contributed by atoms with Gasteiger partial charge in [-0.25, -0.2) is 4.98 Å². The normalized spacial score (nSPS) is 19.9. The first kappa shape index (κ1) is 21.5. The number of ether oxygens (including phenoxy) is 2. The van der Waals surface area contributed by atoms with E-state index in [-0.39, 0.29) is 11.8 Å². The third-order valence-corrected chi connectivity index (χ3v) is 6.70. The number of nitrogens with one attached hydrogen (secondary N) is 2. The van der Waals surface area contributed by atoms with Gasteiger partial charge in [-0.1, -0.05) is 0 Å².